The molecule has 0 aromatic heterocycles. The number of aliphatic carboxylic acids is 2. The lowest BCUT2D eigenvalue weighted by Gasteiger charge is -2.28. The van der Waals surface area contributed by atoms with Crippen molar-refractivity contribution >= 4 is 11.9 Å². The molecule has 0 spiro atoms. The summed E-state index contributed by atoms with van der Waals surface area (Å²) in [5.74, 6) is -2.16. The summed E-state index contributed by atoms with van der Waals surface area (Å²) in [6, 6.07) is -0.690. The van der Waals surface area contributed by atoms with Gasteiger partial charge in [-0.1, -0.05) is 0 Å². The van der Waals surface area contributed by atoms with Crippen LogP contribution in [0.1, 0.15) is 19.3 Å². The van der Waals surface area contributed by atoms with Crippen LogP contribution in [0.25, 0.3) is 0 Å². The van der Waals surface area contributed by atoms with E-state index in [0.29, 0.717) is 13.0 Å². The molecule has 1 heterocycles. The Hall–Kier alpha value is -1.10. The van der Waals surface area contributed by atoms with Crippen molar-refractivity contribution in [2.45, 2.75) is 25.3 Å². The molecule has 1 fully saturated rings. The minimum atomic E-state index is -0.953. The number of carboxylic acid groups (broad SMARTS) is 2. The van der Waals surface area contributed by atoms with Crippen LogP contribution < -0.4 is 5.32 Å². The van der Waals surface area contributed by atoms with Crippen molar-refractivity contribution < 1.29 is 19.8 Å². The highest BCUT2D eigenvalue weighted by atomic mass is 16.4. The molecule has 1 rings (SSSR count). The van der Waals surface area contributed by atoms with Crippen LogP contribution in [0.3, 0.4) is 0 Å². The largest absolute Gasteiger partial charge is 0.481 e. The van der Waals surface area contributed by atoms with E-state index in [-0.39, 0.29) is 12.3 Å². The molecule has 0 aromatic rings. The smallest absolute Gasteiger partial charge is 0.320 e. The minimum Gasteiger partial charge on any atom is -0.481 e. The summed E-state index contributed by atoms with van der Waals surface area (Å²) in [6.07, 6.45) is 1.46. The van der Waals surface area contributed by atoms with Crippen molar-refractivity contribution in [1.29, 1.82) is 0 Å². The predicted molar refractivity (Wildman–Crippen MR) is 44.4 cm³/mol. The maximum absolute atomic E-state index is 10.7. The maximum Gasteiger partial charge on any atom is 0.320 e. The number of piperidine rings is 1. The van der Waals surface area contributed by atoms with Crippen LogP contribution in [0.2, 0.25) is 0 Å². The first-order chi connectivity index (χ1) is 6.11. The standard InChI is InChI=1S/C8H13NO4/c10-6(11)4-5-2-1-3-9-7(5)8(12)13/h5,7,9H,1-4H2,(H,10,11)(H,12,13). The Kier molecular flexibility index (Phi) is 3.25. The molecule has 5 nitrogen and oxygen atoms in total. The lowest BCUT2D eigenvalue weighted by molar-refractivity contribution is -0.143. The maximum atomic E-state index is 10.7. The van der Waals surface area contributed by atoms with Crippen LogP contribution >= 0.6 is 0 Å². The van der Waals surface area contributed by atoms with Gasteiger partial charge in [-0.05, 0) is 25.3 Å². The molecule has 1 aliphatic rings. The minimum absolute atomic E-state index is 0.0655. The summed E-state index contributed by atoms with van der Waals surface area (Å²) in [4.78, 5) is 21.1. The highest BCUT2D eigenvalue weighted by Gasteiger charge is 2.31. The summed E-state index contributed by atoms with van der Waals surface area (Å²) < 4.78 is 0. The molecule has 3 N–H and O–H groups in total. The molecule has 13 heavy (non-hydrogen) atoms. The molecule has 0 saturated carbocycles. The van der Waals surface area contributed by atoms with Crippen LogP contribution in [-0.4, -0.2) is 34.7 Å². The van der Waals surface area contributed by atoms with Gasteiger partial charge in [0.05, 0.1) is 6.42 Å². The fourth-order valence-corrected chi connectivity index (χ4v) is 1.69. The fraction of sp³-hybridized carbons (Fsp3) is 0.750. The highest BCUT2D eigenvalue weighted by Crippen LogP contribution is 2.20. The summed E-state index contributed by atoms with van der Waals surface area (Å²) in [6.45, 7) is 0.660. The van der Waals surface area contributed by atoms with Crippen LogP contribution in [0.5, 0.6) is 0 Å². The molecule has 0 bridgehead atoms. The van der Waals surface area contributed by atoms with Gasteiger partial charge in [-0.2, -0.15) is 0 Å². The van der Waals surface area contributed by atoms with Crippen molar-refractivity contribution in [3.8, 4) is 0 Å². The van der Waals surface area contributed by atoms with E-state index in [9.17, 15) is 9.59 Å². The number of nitrogens with one attached hydrogen (secondary N) is 1. The van der Waals surface area contributed by atoms with Gasteiger partial charge in [0.15, 0.2) is 0 Å². The molecular formula is C8H13NO4. The van der Waals surface area contributed by atoms with Crippen molar-refractivity contribution in [3.05, 3.63) is 0 Å². The van der Waals surface area contributed by atoms with Gasteiger partial charge in [-0.15, -0.1) is 0 Å². The van der Waals surface area contributed by atoms with Gasteiger partial charge in [0.1, 0.15) is 6.04 Å². The van der Waals surface area contributed by atoms with Crippen LogP contribution in [-0.2, 0) is 9.59 Å². The third-order valence-electron chi connectivity index (χ3n) is 2.29. The monoisotopic (exact) mass is 187 g/mol. The fourth-order valence-electron chi connectivity index (χ4n) is 1.69. The first kappa shape index (κ1) is 9.98. The zero-order valence-corrected chi connectivity index (χ0v) is 7.19. The lowest BCUT2D eigenvalue weighted by Crippen LogP contribution is -2.47. The average molecular weight is 187 g/mol. The van der Waals surface area contributed by atoms with E-state index in [4.69, 9.17) is 10.2 Å². The van der Waals surface area contributed by atoms with E-state index in [1.807, 2.05) is 0 Å². The van der Waals surface area contributed by atoms with E-state index in [1.165, 1.54) is 0 Å². The summed E-state index contributed by atoms with van der Waals surface area (Å²) >= 11 is 0. The van der Waals surface area contributed by atoms with Crippen LogP contribution in [0.4, 0.5) is 0 Å². The van der Waals surface area contributed by atoms with Gasteiger partial charge in [0.2, 0.25) is 0 Å². The Morgan fingerprint density at radius 1 is 1.38 bits per heavy atom. The molecule has 1 saturated heterocycles. The molecule has 74 valence electrons. The molecule has 0 aliphatic carbocycles. The van der Waals surface area contributed by atoms with E-state index < -0.39 is 18.0 Å². The molecule has 0 amide bonds. The van der Waals surface area contributed by atoms with Crippen LogP contribution in [0.15, 0.2) is 0 Å². The Bertz CT molecular complexity index is 216. The quantitative estimate of drug-likeness (QED) is 0.575. The first-order valence-electron chi connectivity index (χ1n) is 4.29. The van der Waals surface area contributed by atoms with Crippen LogP contribution in [0, 0.1) is 5.92 Å². The van der Waals surface area contributed by atoms with E-state index >= 15 is 0 Å². The molecule has 2 unspecified atom stereocenters. The Labute approximate surface area is 75.7 Å². The number of rotatable bonds is 3. The van der Waals surface area contributed by atoms with Crippen molar-refractivity contribution in [2.24, 2.45) is 5.92 Å². The van der Waals surface area contributed by atoms with Gasteiger partial charge in [-0.3, -0.25) is 9.59 Å². The van der Waals surface area contributed by atoms with E-state index in [1.54, 1.807) is 0 Å². The predicted octanol–water partition coefficient (Wildman–Crippen LogP) is -0.0861. The van der Waals surface area contributed by atoms with Crippen molar-refractivity contribution in [1.82, 2.24) is 5.32 Å². The zero-order chi connectivity index (χ0) is 9.84. The third-order valence-corrected chi connectivity index (χ3v) is 2.29. The SMILES string of the molecule is O=C(O)CC1CCCNC1C(=O)O. The Morgan fingerprint density at radius 3 is 2.62 bits per heavy atom. The average Bonchev–Trinajstić information content (AvgIpc) is 2.03. The summed E-state index contributed by atoms with van der Waals surface area (Å²) in [5, 5.41) is 20.1. The molecule has 5 heteroatoms. The lowest BCUT2D eigenvalue weighted by atomic mass is 9.88. The van der Waals surface area contributed by atoms with E-state index in [2.05, 4.69) is 5.32 Å². The number of hydrogen-bond acceptors (Lipinski definition) is 3. The topological polar surface area (TPSA) is 86.6 Å². The first-order valence-corrected chi connectivity index (χ1v) is 4.29. The van der Waals surface area contributed by atoms with Crippen molar-refractivity contribution in [3.63, 3.8) is 0 Å². The van der Waals surface area contributed by atoms with Crippen molar-refractivity contribution in [2.75, 3.05) is 6.54 Å². The number of carbonyl (C=O) groups is 2. The normalized spacial score (nSPS) is 28.3. The molecule has 2 atom stereocenters. The molecular weight excluding hydrogens is 174 g/mol. The second kappa shape index (κ2) is 4.23. The van der Waals surface area contributed by atoms with Gasteiger partial charge >= 0.3 is 11.9 Å². The van der Waals surface area contributed by atoms with Gasteiger partial charge < -0.3 is 15.5 Å². The Balaban J connectivity index is 2.56. The molecule has 0 aromatic carbocycles. The van der Waals surface area contributed by atoms with Gasteiger partial charge in [-0.25, -0.2) is 0 Å². The second-order valence-corrected chi connectivity index (χ2v) is 3.27. The zero-order valence-electron chi connectivity index (χ0n) is 7.19. The Morgan fingerprint density at radius 2 is 2.08 bits per heavy atom. The van der Waals surface area contributed by atoms with E-state index in [0.717, 1.165) is 6.42 Å². The third kappa shape index (κ3) is 2.69. The van der Waals surface area contributed by atoms with Gasteiger partial charge in [0.25, 0.3) is 0 Å². The number of hydrogen-bond donors (Lipinski definition) is 3. The number of carboxylic acids is 2. The molecule has 1 aliphatic heterocycles. The van der Waals surface area contributed by atoms with Gasteiger partial charge in [0, 0.05) is 0 Å². The summed E-state index contributed by atoms with van der Waals surface area (Å²) in [7, 11) is 0. The highest BCUT2D eigenvalue weighted by molar-refractivity contribution is 5.76. The summed E-state index contributed by atoms with van der Waals surface area (Å²) in [5.41, 5.74) is 0. The second-order valence-electron chi connectivity index (χ2n) is 3.27. The molecule has 0 radical (unpaired) electrons.